The molecule has 0 aromatic heterocycles. The number of benzene rings is 3. The summed E-state index contributed by atoms with van der Waals surface area (Å²) >= 11 is 0. The molecule has 0 spiro atoms. The van der Waals surface area contributed by atoms with Crippen LogP contribution in [0.4, 0.5) is 0 Å². The Bertz CT molecular complexity index is 1550. The molecule has 3 aromatic carbocycles. The summed E-state index contributed by atoms with van der Waals surface area (Å²) in [5.41, 5.74) is 6.97. The first kappa shape index (κ1) is 40.0. The average molecular weight is 732 g/mol. The molecule has 2 atom stereocenters. The van der Waals surface area contributed by atoms with Gasteiger partial charge in [0.25, 0.3) is 0 Å². The molecule has 0 bridgehead atoms. The minimum Gasteiger partial charge on any atom is -0.496 e. The van der Waals surface area contributed by atoms with E-state index >= 15 is 0 Å². The highest BCUT2D eigenvalue weighted by atomic mass is 32.2. The van der Waals surface area contributed by atoms with Gasteiger partial charge in [-0.05, 0) is 103 Å². The maximum absolute atomic E-state index is 14.3. The molecule has 1 N–H and O–H groups in total. The second kappa shape index (κ2) is 16.9. The summed E-state index contributed by atoms with van der Waals surface area (Å²) in [5, 5.41) is 1.41. The van der Waals surface area contributed by atoms with Crippen molar-refractivity contribution in [1.82, 2.24) is 4.72 Å². The molecule has 4 nitrogen and oxygen atoms in total. The van der Waals surface area contributed by atoms with E-state index in [-0.39, 0.29) is 16.9 Å². The Morgan fingerprint density at radius 1 is 0.745 bits per heavy atom. The molecular formula is C45H66NO3PS. The van der Waals surface area contributed by atoms with Crippen LogP contribution in [-0.2, 0) is 28.4 Å². The van der Waals surface area contributed by atoms with Gasteiger partial charge >= 0.3 is 0 Å². The van der Waals surface area contributed by atoms with Gasteiger partial charge in [0.1, 0.15) is 18.1 Å². The van der Waals surface area contributed by atoms with Crippen LogP contribution in [0.3, 0.4) is 0 Å². The zero-order valence-electron chi connectivity index (χ0n) is 33.4. The van der Waals surface area contributed by atoms with Crippen LogP contribution in [0.15, 0.2) is 60.7 Å². The van der Waals surface area contributed by atoms with Gasteiger partial charge in [0, 0.05) is 16.4 Å². The van der Waals surface area contributed by atoms with E-state index in [2.05, 4.69) is 128 Å². The van der Waals surface area contributed by atoms with Crippen molar-refractivity contribution >= 4 is 24.2 Å². The smallest absolute Gasteiger partial charge is 0.127 e. The first-order valence-electron chi connectivity index (χ1n) is 19.6. The Hall–Kier alpha value is -2.20. The summed E-state index contributed by atoms with van der Waals surface area (Å²) in [4.78, 5) is 0. The number of nitrogens with one attached hydrogen (secondary N) is 1. The Balaban J connectivity index is 1.80. The van der Waals surface area contributed by atoms with E-state index in [9.17, 15) is 4.21 Å². The molecule has 2 fully saturated rings. The van der Waals surface area contributed by atoms with Crippen LogP contribution >= 0.6 is 7.92 Å². The Labute approximate surface area is 314 Å². The number of methoxy groups -OCH3 is 1. The first-order valence-corrected chi connectivity index (χ1v) is 22.2. The lowest BCUT2D eigenvalue weighted by molar-refractivity contribution is 0.308. The normalized spacial score (nSPS) is 18.1. The Morgan fingerprint density at radius 2 is 1.27 bits per heavy atom. The van der Waals surface area contributed by atoms with E-state index in [0.717, 1.165) is 17.1 Å². The lowest BCUT2D eigenvalue weighted by Gasteiger charge is -2.41. The molecule has 0 saturated heterocycles. The van der Waals surface area contributed by atoms with Gasteiger partial charge in [0.2, 0.25) is 0 Å². The molecule has 0 amide bonds. The number of ether oxygens (including phenoxy) is 2. The van der Waals surface area contributed by atoms with E-state index in [0.29, 0.717) is 17.9 Å². The third-order valence-corrected chi connectivity index (χ3v) is 16.0. The van der Waals surface area contributed by atoms with E-state index in [4.69, 9.17) is 9.47 Å². The van der Waals surface area contributed by atoms with Gasteiger partial charge in [0.05, 0.1) is 28.9 Å². The van der Waals surface area contributed by atoms with Crippen LogP contribution in [0.1, 0.15) is 160 Å². The van der Waals surface area contributed by atoms with Crippen molar-refractivity contribution in [3.63, 3.8) is 0 Å². The molecule has 280 valence electrons. The van der Waals surface area contributed by atoms with Crippen molar-refractivity contribution in [2.45, 2.75) is 166 Å². The molecule has 3 aromatic rings. The topological polar surface area (TPSA) is 47.6 Å². The molecule has 51 heavy (non-hydrogen) atoms. The predicted molar refractivity (Wildman–Crippen MR) is 221 cm³/mol. The van der Waals surface area contributed by atoms with Crippen molar-refractivity contribution in [3.05, 3.63) is 88.5 Å². The fraction of sp³-hybridized carbons (Fsp3) is 0.600. The number of rotatable bonds is 11. The predicted octanol–water partition coefficient (Wildman–Crippen LogP) is 11.8. The van der Waals surface area contributed by atoms with Crippen LogP contribution in [0.5, 0.6) is 11.5 Å². The van der Waals surface area contributed by atoms with Gasteiger partial charge in [-0.2, -0.15) is 0 Å². The van der Waals surface area contributed by atoms with Crippen molar-refractivity contribution in [3.8, 4) is 11.5 Å². The molecule has 0 heterocycles. The van der Waals surface area contributed by atoms with Crippen LogP contribution in [-0.4, -0.2) is 27.4 Å². The maximum Gasteiger partial charge on any atom is 0.127 e. The zero-order valence-corrected chi connectivity index (χ0v) is 35.1. The van der Waals surface area contributed by atoms with E-state index < -0.39 is 23.7 Å². The lowest BCUT2D eigenvalue weighted by atomic mass is 9.77. The van der Waals surface area contributed by atoms with Crippen molar-refractivity contribution in [2.75, 3.05) is 7.11 Å². The SMILES string of the molecule is COc1c(C(C)(C)C)cc(C(N[S@](=O)C(C)(C)C)c2cccc(OCc3ccccc3)c2P(C2CCCCC2)C2CCCCC2)cc1C(C)(C)C. The number of hydrogen-bond donors (Lipinski definition) is 1. The second-order valence-corrected chi connectivity index (χ2v) is 22.8. The third-order valence-electron chi connectivity index (χ3n) is 10.8. The Kier molecular flexibility index (Phi) is 13.2. The van der Waals surface area contributed by atoms with Crippen LogP contribution < -0.4 is 19.5 Å². The molecule has 6 heteroatoms. The van der Waals surface area contributed by atoms with Gasteiger partial charge in [-0.1, -0.05) is 130 Å². The highest BCUT2D eigenvalue weighted by Crippen LogP contribution is 2.58. The zero-order chi connectivity index (χ0) is 37.0. The lowest BCUT2D eigenvalue weighted by Crippen LogP contribution is -2.39. The van der Waals surface area contributed by atoms with Crippen molar-refractivity contribution in [2.24, 2.45) is 0 Å². The summed E-state index contributed by atoms with van der Waals surface area (Å²) in [7, 11) is -0.0627. The minimum atomic E-state index is -1.32. The van der Waals surface area contributed by atoms with Crippen molar-refractivity contribution in [1.29, 1.82) is 0 Å². The first-order chi connectivity index (χ1) is 24.1. The maximum atomic E-state index is 14.3. The number of hydrogen-bond acceptors (Lipinski definition) is 3. The molecular weight excluding hydrogens is 666 g/mol. The second-order valence-electron chi connectivity index (χ2n) is 18.0. The van der Waals surface area contributed by atoms with Crippen LogP contribution in [0.2, 0.25) is 0 Å². The fourth-order valence-electron chi connectivity index (χ4n) is 8.03. The monoisotopic (exact) mass is 731 g/mol. The standard InChI is InChI=1S/C45H66NO3PS/c1-43(2,3)37-29-33(30-38(41(37)48-10)44(4,5)6)40(46-51(47)45(7,8)9)36-27-20-28-39(49-31-32-21-14-11-15-22-32)42(36)50(34-23-16-12-17-24-34)35-25-18-13-19-26-35/h11,14-15,20-22,27-30,34-35,40,46H,12-13,16-19,23-26,31H2,1-10H3/t40?,51-/m1/s1. The molecule has 2 saturated carbocycles. The largest absolute Gasteiger partial charge is 0.496 e. The van der Waals surface area contributed by atoms with Gasteiger partial charge in [0.15, 0.2) is 0 Å². The fourth-order valence-corrected chi connectivity index (χ4v) is 12.9. The van der Waals surface area contributed by atoms with Gasteiger partial charge in [-0.15, -0.1) is 0 Å². The Morgan fingerprint density at radius 3 is 1.75 bits per heavy atom. The van der Waals surface area contributed by atoms with Crippen molar-refractivity contribution < 1.29 is 13.7 Å². The van der Waals surface area contributed by atoms with Crippen LogP contribution in [0, 0.1) is 0 Å². The highest BCUT2D eigenvalue weighted by Gasteiger charge is 2.39. The van der Waals surface area contributed by atoms with E-state index in [1.807, 2.05) is 0 Å². The average Bonchev–Trinajstić information content (AvgIpc) is 3.09. The molecule has 1 unspecified atom stereocenters. The highest BCUT2D eigenvalue weighted by molar-refractivity contribution is 7.84. The van der Waals surface area contributed by atoms with Gasteiger partial charge < -0.3 is 9.47 Å². The summed E-state index contributed by atoms with van der Waals surface area (Å²) in [5.74, 6) is 1.98. The molecule has 2 aliphatic rings. The minimum absolute atomic E-state index is 0.157. The van der Waals surface area contributed by atoms with Gasteiger partial charge in [-0.25, -0.2) is 8.93 Å². The summed E-state index contributed by atoms with van der Waals surface area (Å²) in [6.45, 7) is 20.4. The molecule has 0 aliphatic heterocycles. The summed E-state index contributed by atoms with van der Waals surface area (Å²) in [6, 6.07) is 21.7. The van der Waals surface area contributed by atoms with Gasteiger partial charge in [-0.3, -0.25) is 0 Å². The summed E-state index contributed by atoms with van der Waals surface area (Å²) < 4.78 is 30.9. The van der Waals surface area contributed by atoms with Crippen LogP contribution in [0.25, 0.3) is 0 Å². The van der Waals surface area contributed by atoms with E-state index in [1.54, 1.807) is 7.11 Å². The molecule has 0 radical (unpaired) electrons. The molecule has 5 rings (SSSR count). The van der Waals surface area contributed by atoms with E-state index in [1.165, 1.54) is 91.8 Å². The molecule has 2 aliphatic carbocycles. The quantitative estimate of drug-likeness (QED) is 0.200. The summed E-state index contributed by atoms with van der Waals surface area (Å²) in [6.07, 6.45) is 13.1. The third kappa shape index (κ3) is 9.87.